The minimum Gasteiger partial charge on any atom is -0.378 e. The Hall–Kier alpha value is -2.21. The predicted molar refractivity (Wildman–Crippen MR) is 129 cm³/mol. The second-order valence-electron chi connectivity index (χ2n) is 7.05. The van der Waals surface area contributed by atoms with E-state index < -0.39 is 0 Å². The zero-order valence-electron chi connectivity index (χ0n) is 17.3. The van der Waals surface area contributed by atoms with Crippen molar-refractivity contribution >= 4 is 41.7 Å². The number of hydrogen-bond donors (Lipinski definition) is 1. The molecule has 1 N–H and O–H groups in total. The van der Waals surface area contributed by atoms with Gasteiger partial charge in [0.2, 0.25) is 5.95 Å². The number of aromatic nitrogens is 3. The van der Waals surface area contributed by atoms with Gasteiger partial charge in [-0.3, -0.25) is 4.99 Å². The standard InChI is InChI=1S/C20H28N8O.HI/c1-21-19(27-7-9-28(10-8-27)20-22-5-2-6-23-20)25-16-17-3-4-18(24-15-17)26-11-13-29-14-12-26;/h2-6,15H,7-14,16H2,1H3,(H,21,25);1H. The number of rotatable bonds is 4. The van der Waals surface area contributed by atoms with Gasteiger partial charge in [-0.1, -0.05) is 6.07 Å². The summed E-state index contributed by atoms with van der Waals surface area (Å²) < 4.78 is 5.40. The number of nitrogens with one attached hydrogen (secondary N) is 1. The second kappa shape index (κ2) is 11.3. The maximum atomic E-state index is 5.40. The molecule has 9 nitrogen and oxygen atoms in total. The number of aliphatic imine (C=N–C) groups is 1. The van der Waals surface area contributed by atoms with Crippen LogP contribution in [0.3, 0.4) is 0 Å². The Kier molecular flexibility index (Phi) is 8.43. The molecule has 2 aliphatic heterocycles. The van der Waals surface area contributed by atoms with E-state index in [-0.39, 0.29) is 24.0 Å². The van der Waals surface area contributed by atoms with Crippen LogP contribution in [0.2, 0.25) is 0 Å². The molecular weight excluding hydrogens is 495 g/mol. The Morgan fingerprint density at radius 2 is 1.73 bits per heavy atom. The molecule has 2 aromatic heterocycles. The zero-order chi connectivity index (χ0) is 19.9. The Morgan fingerprint density at radius 3 is 2.37 bits per heavy atom. The maximum Gasteiger partial charge on any atom is 0.225 e. The topological polar surface area (TPSA) is 82.0 Å². The minimum absolute atomic E-state index is 0. The van der Waals surface area contributed by atoms with Gasteiger partial charge >= 0.3 is 0 Å². The van der Waals surface area contributed by atoms with Gasteiger partial charge in [-0.25, -0.2) is 15.0 Å². The summed E-state index contributed by atoms with van der Waals surface area (Å²) in [6.07, 6.45) is 5.51. The van der Waals surface area contributed by atoms with E-state index >= 15 is 0 Å². The third-order valence-corrected chi connectivity index (χ3v) is 5.22. The molecule has 2 aromatic rings. The van der Waals surface area contributed by atoms with Crippen molar-refractivity contribution in [2.24, 2.45) is 4.99 Å². The predicted octanol–water partition coefficient (Wildman–Crippen LogP) is 1.22. The molecule has 0 amide bonds. The second-order valence-corrected chi connectivity index (χ2v) is 7.05. The largest absolute Gasteiger partial charge is 0.378 e. The quantitative estimate of drug-likeness (QED) is 0.364. The van der Waals surface area contributed by atoms with Gasteiger partial charge in [0, 0.05) is 71.5 Å². The van der Waals surface area contributed by atoms with E-state index in [2.05, 4.69) is 52.1 Å². The molecule has 2 saturated heterocycles. The summed E-state index contributed by atoms with van der Waals surface area (Å²) in [6, 6.07) is 6.06. The van der Waals surface area contributed by atoms with Crippen molar-refractivity contribution < 1.29 is 4.74 Å². The van der Waals surface area contributed by atoms with E-state index in [0.717, 1.165) is 75.8 Å². The number of nitrogens with zero attached hydrogens (tertiary/aromatic N) is 7. The molecule has 30 heavy (non-hydrogen) atoms. The molecule has 0 radical (unpaired) electrons. The van der Waals surface area contributed by atoms with Crippen LogP contribution in [0.4, 0.5) is 11.8 Å². The zero-order valence-corrected chi connectivity index (χ0v) is 19.6. The molecule has 0 aromatic carbocycles. The lowest BCUT2D eigenvalue weighted by Gasteiger charge is -2.36. The third-order valence-electron chi connectivity index (χ3n) is 5.22. The average Bonchev–Trinajstić information content (AvgIpc) is 2.81. The lowest BCUT2D eigenvalue weighted by atomic mass is 10.2. The molecule has 0 unspecified atom stereocenters. The van der Waals surface area contributed by atoms with Gasteiger partial charge in [0.05, 0.1) is 13.2 Å². The molecule has 162 valence electrons. The van der Waals surface area contributed by atoms with Crippen molar-refractivity contribution in [1.29, 1.82) is 0 Å². The first-order chi connectivity index (χ1) is 14.3. The monoisotopic (exact) mass is 524 g/mol. The third kappa shape index (κ3) is 5.69. The summed E-state index contributed by atoms with van der Waals surface area (Å²) in [4.78, 5) is 24.5. The molecule has 10 heteroatoms. The van der Waals surface area contributed by atoms with Gasteiger partial charge in [0.15, 0.2) is 5.96 Å². The molecule has 2 aliphatic rings. The van der Waals surface area contributed by atoms with Gasteiger partial charge in [-0.15, -0.1) is 24.0 Å². The summed E-state index contributed by atoms with van der Waals surface area (Å²) in [5.74, 6) is 2.72. The highest BCUT2D eigenvalue weighted by Crippen LogP contribution is 2.13. The number of hydrogen-bond acceptors (Lipinski definition) is 7. The van der Waals surface area contributed by atoms with Crippen LogP contribution >= 0.6 is 24.0 Å². The van der Waals surface area contributed by atoms with E-state index in [0.29, 0.717) is 6.54 Å². The van der Waals surface area contributed by atoms with E-state index in [1.165, 1.54) is 0 Å². The van der Waals surface area contributed by atoms with E-state index in [1.54, 1.807) is 12.4 Å². The first-order valence-corrected chi connectivity index (χ1v) is 10.1. The number of halogens is 1. The Morgan fingerprint density at radius 1 is 1.00 bits per heavy atom. The fourth-order valence-corrected chi connectivity index (χ4v) is 3.59. The number of piperazine rings is 1. The van der Waals surface area contributed by atoms with Crippen LogP contribution in [0.5, 0.6) is 0 Å². The minimum atomic E-state index is 0. The van der Waals surface area contributed by atoms with Gasteiger partial charge in [-0.2, -0.15) is 0 Å². The first kappa shape index (κ1) is 22.5. The molecule has 0 saturated carbocycles. The SMILES string of the molecule is CN=C(NCc1ccc(N2CCOCC2)nc1)N1CCN(c2ncccn2)CC1.I. The van der Waals surface area contributed by atoms with Crippen molar-refractivity contribution in [3.05, 3.63) is 42.4 Å². The molecule has 2 fully saturated rings. The van der Waals surface area contributed by atoms with Crippen LogP contribution < -0.4 is 15.1 Å². The number of ether oxygens (including phenoxy) is 1. The van der Waals surface area contributed by atoms with Crippen LogP contribution in [0.25, 0.3) is 0 Å². The average molecular weight is 524 g/mol. The highest BCUT2D eigenvalue weighted by Gasteiger charge is 2.21. The van der Waals surface area contributed by atoms with Gasteiger partial charge in [0.25, 0.3) is 0 Å². The lowest BCUT2D eigenvalue weighted by Crippen LogP contribution is -2.52. The number of pyridine rings is 1. The lowest BCUT2D eigenvalue weighted by molar-refractivity contribution is 0.122. The Bertz CT molecular complexity index is 790. The fourth-order valence-electron chi connectivity index (χ4n) is 3.59. The van der Waals surface area contributed by atoms with Crippen molar-refractivity contribution in [2.75, 3.05) is 69.3 Å². The van der Waals surface area contributed by atoms with Crippen LogP contribution in [-0.4, -0.2) is 85.3 Å². The number of anilines is 2. The van der Waals surface area contributed by atoms with Crippen LogP contribution in [0, 0.1) is 0 Å². The Balaban J connectivity index is 0.00000256. The van der Waals surface area contributed by atoms with E-state index in [1.807, 2.05) is 19.3 Å². The van der Waals surface area contributed by atoms with Crippen molar-refractivity contribution in [3.8, 4) is 0 Å². The highest BCUT2D eigenvalue weighted by atomic mass is 127. The van der Waals surface area contributed by atoms with Crippen LogP contribution in [-0.2, 0) is 11.3 Å². The maximum absolute atomic E-state index is 5.40. The van der Waals surface area contributed by atoms with Gasteiger partial charge in [-0.05, 0) is 17.7 Å². The molecular formula is C20H29IN8O. The van der Waals surface area contributed by atoms with Gasteiger partial charge < -0.3 is 24.8 Å². The summed E-state index contributed by atoms with van der Waals surface area (Å²) in [5.41, 5.74) is 1.14. The smallest absolute Gasteiger partial charge is 0.225 e. The van der Waals surface area contributed by atoms with Crippen molar-refractivity contribution in [1.82, 2.24) is 25.2 Å². The molecule has 4 rings (SSSR count). The normalized spacial score (nSPS) is 17.5. The van der Waals surface area contributed by atoms with Gasteiger partial charge in [0.1, 0.15) is 5.82 Å². The highest BCUT2D eigenvalue weighted by molar-refractivity contribution is 14.0. The van der Waals surface area contributed by atoms with Crippen molar-refractivity contribution in [2.45, 2.75) is 6.54 Å². The van der Waals surface area contributed by atoms with E-state index in [9.17, 15) is 0 Å². The molecule has 0 bridgehead atoms. The fraction of sp³-hybridized carbons (Fsp3) is 0.500. The molecule has 4 heterocycles. The molecule has 0 aliphatic carbocycles. The van der Waals surface area contributed by atoms with Crippen LogP contribution in [0.1, 0.15) is 5.56 Å². The first-order valence-electron chi connectivity index (χ1n) is 10.1. The summed E-state index contributed by atoms with van der Waals surface area (Å²) in [6.45, 7) is 7.55. The van der Waals surface area contributed by atoms with Crippen molar-refractivity contribution in [3.63, 3.8) is 0 Å². The summed E-state index contributed by atoms with van der Waals surface area (Å²) in [7, 11) is 1.83. The number of guanidine groups is 1. The molecule has 0 atom stereocenters. The summed E-state index contributed by atoms with van der Waals surface area (Å²) in [5, 5.41) is 3.46. The number of morpholine rings is 1. The molecule has 0 spiro atoms. The van der Waals surface area contributed by atoms with Crippen LogP contribution in [0.15, 0.2) is 41.8 Å². The summed E-state index contributed by atoms with van der Waals surface area (Å²) >= 11 is 0. The van der Waals surface area contributed by atoms with E-state index in [4.69, 9.17) is 4.74 Å². The Labute approximate surface area is 194 Å².